The van der Waals surface area contributed by atoms with Crippen LogP contribution in [0.25, 0.3) is 6.08 Å². The summed E-state index contributed by atoms with van der Waals surface area (Å²) in [6.07, 6.45) is -0.469. The molecular formula is C31H38F3N5O4. The second kappa shape index (κ2) is 15.3. The van der Waals surface area contributed by atoms with Crippen molar-refractivity contribution in [3.05, 3.63) is 59.2 Å². The highest BCUT2D eigenvalue weighted by Crippen LogP contribution is 2.29. The number of hydrogen-bond acceptors (Lipinski definition) is 7. The third kappa shape index (κ3) is 9.95. The molecule has 2 aliphatic heterocycles. The Morgan fingerprint density at radius 3 is 2.26 bits per heavy atom. The van der Waals surface area contributed by atoms with Crippen LogP contribution in [0.15, 0.2) is 53.0 Å². The van der Waals surface area contributed by atoms with Gasteiger partial charge in [-0.3, -0.25) is 14.4 Å². The summed E-state index contributed by atoms with van der Waals surface area (Å²) in [6, 6.07) is 13.0. The Morgan fingerprint density at radius 1 is 1.09 bits per heavy atom. The van der Waals surface area contributed by atoms with Crippen LogP contribution in [0.5, 0.6) is 0 Å². The van der Waals surface area contributed by atoms with Gasteiger partial charge in [0.1, 0.15) is 5.84 Å². The van der Waals surface area contributed by atoms with Crippen LogP contribution in [0, 0.1) is 0 Å². The van der Waals surface area contributed by atoms with E-state index in [9.17, 15) is 27.9 Å². The number of aldehydes is 1. The van der Waals surface area contributed by atoms with Gasteiger partial charge in [0.2, 0.25) is 12.2 Å². The van der Waals surface area contributed by atoms with Gasteiger partial charge in [-0.25, -0.2) is 4.99 Å². The van der Waals surface area contributed by atoms with Crippen molar-refractivity contribution in [3.8, 4) is 0 Å². The monoisotopic (exact) mass is 601 g/mol. The number of nitrogens with zero attached hydrogens (tertiary/aromatic N) is 3. The number of benzene rings is 2. The number of aliphatic hydroxyl groups excluding tert-OH is 1. The topological polar surface area (TPSA) is 128 Å². The summed E-state index contributed by atoms with van der Waals surface area (Å²) < 4.78 is 31.2. The highest BCUT2D eigenvalue weighted by molar-refractivity contribution is 6.08. The highest BCUT2D eigenvalue weighted by atomic mass is 19.4. The van der Waals surface area contributed by atoms with Crippen LogP contribution in [-0.2, 0) is 9.59 Å². The maximum absolute atomic E-state index is 13.2. The summed E-state index contributed by atoms with van der Waals surface area (Å²) in [5.74, 6) is 0.0948. The summed E-state index contributed by atoms with van der Waals surface area (Å²) in [6.45, 7) is 7.17. The number of fused-ring (bicyclic) bond motifs is 1. The van der Waals surface area contributed by atoms with Crippen molar-refractivity contribution >= 4 is 47.1 Å². The molecule has 4 rings (SSSR count). The molecular weight excluding hydrogens is 563 g/mol. The third-order valence-electron chi connectivity index (χ3n) is 6.90. The molecule has 43 heavy (non-hydrogen) atoms. The van der Waals surface area contributed by atoms with Gasteiger partial charge >= 0.3 is 6.18 Å². The number of amides is 2. The van der Waals surface area contributed by atoms with Gasteiger partial charge in [0.15, 0.2) is 0 Å². The Hall–Kier alpha value is -4.19. The van der Waals surface area contributed by atoms with Gasteiger partial charge in [-0.05, 0) is 68.2 Å². The summed E-state index contributed by atoms with van der Waals surface area (Å²) in [5.41, 5.74) is 10.4. The van der Waals surface area contributed by atoms with Crippen molar-refractivity contribution in [2.45, 2.75) is 58.2 Å². The van der Waals surface area contributed by atoms with E-state index in [0.29, 0.717) is 41.4 Å². The highest BCUT2D eigenvalue weighted by Gasteiger charge is 2.25. The van der Waals surface area contributed by atoms with Gasteiger partial charge < -0.3 is 26.0 Å². The Labute approximate surface area is 249 Å². The van der Waals surface area contributed by atoms with Crippen LogP contribution in [0.1, 0.15) is 61.9 Å². The fourth-order valence-electron chi connectivity index (χ4n) is 4.81. The van der Waals surface area contributed by atoms with Crippen molar-refractivity contribution in [2.24, 2.45) is 10.7 Å². The largest absolute Gasteiger partial charge is 0.446 e. The summed E-state index contributed by atoms with van der Waals surface area (Å²) in [4.78, 5) is 43.5. The van der Waals surface area contributed by atoms with Crippen LogP contribution in [-0.4, -0.2) is 72.4 Å². The number of nitrogens with two attached hydrogens (primary N) is 1. The van der Waals surface area contributed by atoms with E-state index >= 15 is 0 Å². The number of carbonyl (C=O) groups excluding carboxylic acids is 3. The van der Waals surface area contributed by atoms with E-state index in [1.165, 1.54) is 0 Å². The zero-order valence-corrected chi connectivity index (χ0v) is 24.4. The van der Waals surface area contributed by atoms with Gasteiger partial charge in [-0.2, -0.15) is 13.2 Å². The molecule has 0 atom stereocenters. The molecule has 4 N–H and O–H groups in total. The second-order valence-electron chi connectivity index (χ2n) is 10.4. The first-order chi connectivity index (χ1) is 20.4. The number of halogens is 3. The molecule has 0 spiro atoms. The van der Waals surface area contributed by atoms with E-state index in [2.05, 4.69) is 29.1 Å². The predicted octanol–water partition coefficient (Wildman–Crippen LogP) is 5.07. The predicted molar refractivity (Wildman–Crippen MR) is 161 cm³/mol. The molecule has 1 saturated heterocycles. The minimum Gasteiger partial charge on any atom is -0.393 e. The van der Waals surface area contributed by atoms with Gasteiger partial charge in [-0.1, -0.05) is 19.9 Å². The van der Waals surface area contributed by atoms with E-state index in [1.54, 1.807) is 12.1 Å². The lowest BCUT2D eigenvalue weighted by Gasteiger charge is -2.31. The Morgan fingerprint density at radius 2 is 1.70 bits per heavy atom. The van der Waals surface area contributed by atoms with E-state index < -0.39 is 12.5 Å². The van der Waals surface area contributed by atoms with Gasteiger partial charge in [-0.15, -0.1) is 0 Å². The number of nitrogens with one attached hydrogen (secondary N) is 1. The number of alkyl halides is 3. The lowest BCUT2D eigenvalue weighted by Crippen LogP contribution is -2.35. The summed E-state index contributed by atoms with van der Waals surface area (Å²) in [5, 5.41) is 12.7. The fraction of sp³-hybridized carbons (Fsp3) is 0.419. The molecule has 0 saturated carbocycles. The molecule has 0 radical (unpaired) electrons. The molecule has 9 nitrogen and oxygen atoms in total. The maximum atomic E-state index is 13.2. The maximum Gasteiger partial charge on any atom is 0.446 e. The number of carbonyl (C=O) groups is 3. The number of rotatable bonds is 8. The molecule has 2 heterocycles. The van der Waals surface area contributed by atoms with E-state index in [-0.39, 0.29) is 24.3 Å². The van der Waals surface area contributed by atoms with Gasteiger partial charge in [0, 0.05) is 60.7 Å². The Bertz CT molecular complexity index is 1330. The van der Waals surface area contributed by atoms with Gasteiger partial charge in [0.05, 0.1) is 11.8 Å². The number of amidine groups is 1. The Balaban J connectivity index is 0.000000765. The molecule has 12 heteroatoms. The molecule has 2 amide bonds. The minimum absolute atomic E-state index is 0.0132. The fourth-order valence-corrected chi connectivity index (χ4v) is 4.81. The van der Waals surface area contributed by atoms with Crippen LogP contribution >= 0.6 is 0 Å². The molecule has 2 aliphatic rings. The molecule has 2 aromatic rings. The standard InChI is InChI=1S/C29H37N5O3.C2HF3O/c1-3-13-34(14-4-2)29(37)22-17-20-5-6-21(18-26(20)32-27(30)19-22)28(36)31-23-7-9-24(10-8-23)33-15-11-25(35)12-16-33;3-2(4,5)1-6/h5-10,17-18,25,35H,3-4,11-16,19H2,1-2H3,(H2,30,32)(H,31,36);1H. The normalized spacial score (nSPS) is 15.2. The second-order valence-corrected chi connectivity index (χ2v) is 10.4. The number of piperidine rings is 1. The van der Waals surface area contributed by atoms with E-state index in [4.69, 9.17) is 10.5 Å². The molecule has 232 valence electrons. The molecule has 0 aromatic heterocycles. The lowest BCUT2D eigenvalue weighted by molar-refractivity contribution is -0.156. The molecule has 2 aromatic carbocycles. The zero-order valence-electron chi connectivity index (χ0n) is 24.4. The molecule has 0 aliphatic carbocycles. The van der Waals surface area contributed by atoms with Crippen LogP contribution in [0.3, 0.4) is 0 Å². The van der Waals surface area contributed by atoms with Crippen LogP contribution in [0.4, 0.5) is 30.2 Å². The van der Waals surface area contributed by atoms with Gasteiger partial charge in [0.25, 0.3) is 5.91 Å². The average Bonchev–Trinajstić information content (AvgIpc) is 3.15. The third-order valence-corrected chi connectivity index (χ3v) is 6.90. The number of aliphatic hydroxyl groups is 1. The smallest absolute Gasteiger partial charge is 0.393 e. The molecule has 1 fully saturated rings. The van der Waals surface area contributed by atoms with E-state index in [0.717, 1.165) is 50.0 Å². The van der Waals surface area contributed by atoms with Crippen molar-refractivity contribution in [3.63, 3.8) is 0 Å². The Kier molecular flexibility index (Phi) is 11.9. The summed E-state index contributed by atoms with van der Waals surface area (Å²) in [7, 11) is 0. The first-order valence-corrected chi connectivity index (χ1v) is 14.3. The van der Waals surface area contributed by atoms with E-state index in [1.807, 2.05) is 41.3 Å². The quantitative estimate of drug-likeness (QED) is 0.363. The van der Waals surface area contributed by atoms with Crippen molar-refractivity contribution < 1.29 is 32.7 Å². The number of hydrogen-bond donors (Lipinski definition) is 3. The first-order valence-electron chi connectivity index (χ1n) is 14.3. The lowest BCUT2D eigenvalue weighted by atomic mass is 10.0. The molecule has 0 unspecified atom stereocenters. The zero-order chi connectivity index (χ0) is 31.6. The first kappa shape index (κ1) is 33.3. The molecule has 0 bridgehead atoms. The number of anilines is 2. The van der Waals surface area contributed by atoms with Crippen molar-refractivity contribution in [2.75, 3.05) is 36.4 Å². The van der Waals surface area contributed by atoms with Crippen LogP contribution in [0.2, 0.25) is 0 Å². The van der Waals surface area contributed by atoms with Crippen molar-refractivity contribution in [1.29, 1.82) is 0 Å². The van der Waals surface area contributed by atoms with Crippen LogP contribution < -0.4 is 16.0 Å². The number of aliphatic imine (C=N–C) groups is 1. The average molecular weight is 602 g/mol. The SMILES string of the molecule is CCCN(CCC)C(=O)C1=Cc2ccc(C(=O)Nc3ccc(N4CCC(O)CC4)cc3)cc2N=C(N)C1.O=CC(F)(F)F. The summed E-state index contributed by atoms with van der Waals surface area (Å²) >= 11 is 0. The minimum atomic E-state index is -4.64. The van der Waals surface area contributed by atoms with Crippen molar-refractivity contribution in [1.82, 2.24) is 4.90 Å².